The summed E-state index contributed by atoms with van der Waals surface area (Å²) < 4.78 is 62.0. The number of anilines is 1. The second-order valence-electron chi connectivity index (χ2n) is 6.34. The highest BCUT2D eigenvalue weighted by Gasteiger charge is 2.24. The highest BCUT2D eigenvalue weighted by Crippen LogP contribution is 2.37. The first-order valence-corrected chi connectivity index (χ1v) is 11.3. The summed E-state index contributed by atoms with van der Waals surface area (Å²) in [5.74, 6) is -0.936. The Balaban J connectivity index is 1.79. The van der Waals surface area contributed by atoms with Crippen LogP contribution in [0.4, 0.5) is 14.5 Å². The van der Waals surface area contributed by atoms with E-state index in [0.717, 1.165) is 25.3 Å². The normalized spacial score (nSPS) is 11.8. The van der Waals surface area contributed by atoms with E-state index in [9.17, 15) is 22.0 Å². The summed E-state index contributed by atoms with van der Waals surface area (Å²) in [6.07, 6.45) is 5.85. The largest absolute Gasteiger partial charge is 0.434 e. The molecule has 4 rings (SSSR count). The number of alkyl halides is 2. The smallest absolute Gasteiger partial charge is 0.387 e. The Morgan fingerprint density at radius 2 is 2.09 bits per heavy atom. The number of hydrogen-bond acceptors (Lipinski definition) is 8. The lowest BCUT2D eigenvalue weighted by atomic mass is 10.1. The predicted octanol–water partition coefficient (Wildman–Crippen LogP) is 2.98. The first-order chi connectivity index (χ1) is 15.7. The lowest BCUT2D eigenvalue weighted by Gasteiger charge is -2.12. The van der Waals surface area contributed by atoms with Crippen LogP contribution in [0.5, 0.6) is 5.75 Å². The molecule has 172 valence electrons. The molecule has 0 unspecified atom stereocenters. The molecular formula is C18H13F2IN6O5S. The zero-order valence-electron chi connectivity index (χ0n) is 16.5. The van der Waals surface area contributed by atoms with Crippen LogP contribution < -0.4 is 10.1 Å². The van der Waals surface area contributed by atoms with Gasteiger partial charge in [0.15, 0.2) is 5.65 Å². The monoisotopic (exact) mass is 590 g/mol. The number of ether oxygens (including phenoxy) is 1. The van der Waals surface area contributed by atoms with Crippen LogP contribution in [0.3, 0.4) is 0 Å². The molecular weight excluding hydrogens is 577 g/mol. The molecule has 11 nitrogen and oxygen atoms in total. The van der Waals surface area contributed by atoms with Crippen LogP contribution in [0.25, 0.3) is 16.9 Å². The van der Waals surface area contributed by atoms with Gasteiger partial charge < -0.3 is 10.1 Å². The summed E-state index contributed by atoms with van der Waals surface area (Å²) in [7, 11) is -3.18. The van der Waals surface area contributed by atoms with Gasteiger partial charge in [0.1, 0.15) is 17.0 Å². The molecule has 0 aliphatic heterocycles. The van der Waals surface area contributed by atoms with Crippen LogP contribution in [-0.4, -0.2) is 50.6 Å². The van der Waals surface area contributed by atoms with E-state index in [1.54, 1.807) is 35.1 Å². The lowest BCUT2D eigenvalue weighted by molar-refractivity contribution is -0.0494. The molecule has 0 aliphatic rings. The molecule has 0 saturated carbocycles. The van der Waals surface area contributed by atoms with Crippen molar-refractivity contribution >= 4 is 50.2 Å². The highest BCUT2D eigenvalue weighted by molar-refractivity contribution is 14.1. The maximum atomic E-state index is 13.0. The Morgan fingerprint density at radius 1 is 1.30 bits per heavy atom. The van der Waals surface area contributed by atoms with Crippen molar-refractivity contribution in [2.75, 3.05) is 12.4 Å². The van der Waals surface area contributed by atoms with E-state index in [-0.39, 0.29) is 33.2 Å². The van der Waals surface area contributed by atoms with Crippen LogP contribution >= 0.6 is 22.9 Å². The number of nitrogens with zero attached hydrogens (tertiary/aromatic N) is 5. The minimum absolute atomic E-state index is 0.00835. The number of benzene rings is 1. The van der Waals surface area contributed by atoms with Crippen molar-refractivity contribution in [2.24, 2.45) is 0 Å². The molecule has 1 N–H and O–H groups in total. The predicted molar refractivity (Wildman–Crippen MR) is 119 cm³/mol. The molecule has 3 aromatic heterocycles. The van der Waals surface area contributed by atoms with Crippen LogP contribution in [-0.2, 0) is 14.3 Å². The van der Waals surface area contributed by atoms with Gasteiger partial charge in [-0.05, 0) is 24.3 Å². The summed E-state index contributed by atoms with van der Waals surface area (Å²) in [4.78, 5) is 16.7. The minimum Gasteiger partial charge on any atom is -0.434 e. The molecule has 4 aromatic rings. The summed E-state index contributed by atoms with van der Waals surface area (Å²) in [6, 6.07) is 4.83. The fraction of sp³-hybridized carbons (Fsp3) is 0.111. The fourth-order valence-electron chi connectivity index (χ4n) is 2.96. The van der Waals surface area contributed by atoms with Crippen LogP contribution in [0, 0.1) is 0 Å². The van der Waals surface area contributed by atoms with Gasteiger partial charge in [-0.1, -0.05) is 0 Å². The molecule has 15 heteroatoms. The molecule has 0 aliphatic carbocycles. The maximum Gasteiger partial charge on any atom is 0.387 e. The number of amides is 1. The van der Waals surface area contributed by atoms with E-state index in [1.807, 2.05) is 0 Å². The number of carbonyl (C=O) groups is 1. The summed E-state index contributed by atoms with van der Waals surface area (Å²) in [5.41, 5.74) is 0.453. The van der Waals surface area contributed by atoms with E-state index in [1.165, 1.54) is 26.0 Å². The molecule has 33 heavy (non-hydrogen) atoms. The maximum absolute atomic E-state index is 13.0. The summed E-state index contributed by atoms with van der Waals surface area (Å²) in [5, 5.41) is 10.9. The van der Waals surface area contributed by atoms with Gasteiger partial charge >= 0.3 is 6.61 Å². The quantitative estimate of drug-likeness (QED) is 0.257. The van der Waals surface area contributed by atoms with Gasteiger partial charge in [-0.15, -0.1) is 0 Å². The van der Waals surface area contributed by atoms with Gasteiger partial charge in [-0.3, -0.25) is 8.98 Å². The van der Waals surface area contributed by atoms with Crippen molar-refractivity contribution in [1.82, 2.24) is 22.6 Å². The van der Waals surface area contributed by atoms with Crippen molar-refractivity contribution in [2.45, 2.75) is 11.5 Å². The third-order valence-electron chi connectivity index (χ3n) is 4.39. The number of nitrogens with one attached hydrogen (secondary N) is 1. The number of hydrogen-bond donors (Lipinski definition) is 1. The first-order valence-electron chi connectivity index (χ1n) is 8.95. The summed E-state index contributed by atoms with van der Waals surface area (Å²) in [6.45, 7) is -3.18. The lowest BCUT2D eigenvalue weighted by Crippen LogP contribution is -2.12. The molecule has 0 spiro atoms. The average molecular weight is 590 g/mol. The van der Waals surface area contributed by atoms with Gasteiger partial charge in [-0.25, -0.2) is 12.4 Å². The van der Waals surface area contributed by atoms with Gasteiger partial charge in [0, 0.05) is 18.0 Å². The third kappa shape index (κ3) is 4.64. The Morgan fingerprint density at radius 3 is 2.82 bits per heavy atom. The standard InChI is InChI=1S/C18H13F2IN6O5S/c1-31-33(29,30)10-3-4-14(32-18(19)20)11(7-10)15-13(9-27(21)25-15)24-17(28)12-8-23-26-6-2-5-22-16(12)26/h2-9,18H,1H3,(H,24,28). The molecule has 0 radical (unpaired) electrons. The first kappa shape index (κ1) is 23.0. The third-order valence-corrected chi connectivity index (χ3v) is 6.15. The fourth-order valence-corrected chi connectivity index (χ4v) is 4.14. The van der Waals surface area contributed by atoms with Gasteiger partial charge in [-0.2, -0.15) is 27.4 Å². The van der Waals surface area contributed by atoms with E-state index in [4.69, 9.17) is 0 Å². The molecule has 0 bridgehead atoms. The Hall–Kier alpha value is -3.18. The Labute approximate surface area is 198 Å². The van der Waals surface area contributed by atoms with Crippen molar-refractivity contribution < 1.29 is 30.9 Å². The Kier molecular flexibility index (Phi) is 6.26. The van der Waals surface area contributed by atoms with Crippen molar-refractivity contribution in [3.05, 3.63) is 54.6 Å². The molecule has 0 fully saturated rings. The molecule has 0 saturated heterocycles. The molecule has 3 heterocycles. The topological polar surface area (TPSA) is 130 Å². The van der Waals surface area contributed by atoms with Crippen molar-refractivity contribution in [1.29, 1.82) is 0 Å². The number of aromatic nitrogens is 5. The highest BCUT2D eigenvalue weighted by atomic mass is 127. The van der Waals surface area contributed by atoms with Gasteiger partial charge in [0.2, 0.25) is 0 Å². The van der Waals surface area contributed by atoms with E-state index < -0.39 is 22.6 Å². The number of halogens is 3. The molecule has 0 atom stereocenters. The summed E-state index contributed by atoms with van der Waals surface area (Å²) >= 11 is 1.79. The number of carbonyl (C=O) groups excluding carboxylic acids is 1. The van der Waals surface area contributed by atoms with Gasteiger partial charge in [0.25, 0.3) is 16.0 Å². The zero-order valence-corrected chi connectivity index (χ0v) is 19.5. The molecule has 1 amide bonds. The zero-order chi connectivity index (χ0) is 23.8. The van der Waals surface area contributed by atoms with Crippen LogP contribution in [0.2, 0.25) is 0 Å². The average Bonchev–Trinajstić information content (AvgIpc) is 3.36. The van der Waals surface area contributed by atoms with E-state index >= 15 is 0 Å². The van der Waals surface area contributed by atoms with E-state index in [2.05, 4.69) is 29.4 Å². The van der Waals surface area contributed by atoms with Crippen molar-refractivity contribution in [3.63, 3.8) is 0 Å². The Bertz CT molecular complexity index is 1460. The second-order valence-corrected chi connectivity index (χ2v) is 9.04. The molecule has 1 aromatic carbocycles. The van der Waals surface area contributed by atoms with Crippen molar-refractivity contribution in [3.8, 4) is 17.0 Å². The van der Waals surface area contributed by atoms with E-state index in [0.29, 0.717) is 5.65 Å². The van der Waals surface area contributed by atoms with Crippen LogP contribution in [0.1, 0.15) is 10.4 Å². The minimum atomic E-state index is -4.15. The second kappa shape index (κ2) is 8.99. The number of fused-ring (bicyclic) bond motifs is 1. The SMILES string of the molecule is COS(=O)(=O)c1ccc(OC(F)F)c(-c2nn(I)cc2NC(=O)c2cnn3cccnc23)c1. The van der Waals surface area contributed by atoms with Gasteiger partial charge in [0.05, 0.1) is 53.0 Å². The van der Waals surface area contributed by atoms with Crippen LogP contribution in [0.15, 0.2) is 53.9 Å². The number of rotatable bonds is 7.